The molecule has 0 unspecified atom stereocenters. The molecular formula is C21H25N3O. The van der Waals surface area contributed by atoms with Gasteiger partial charge in [-0.3, -0.25) is 4.79 Å². The molecule has 0 spiro atoms. The van der Waals surface area contributed by atoms with Crippen molar-refractivity contribution in [3.05, 3.63) is 71.9 Å². The van der Waals surface area contributed by atoms with Crippen molar-refractivity contribution in [1.82, 2.24) is 15.6 Å². The number of para-hydroxylation sites is 1. The molecule has 1 atom stereocenters. The Balaban J connectivity index is 1.37. The highest BCUT2D eigenvalue weighted by Gasteiger charge is 2.08. The largest absolute Gasteiger partial charge is 0.361 e. The second-order valence-corrected chi connectivity index (χ2v) is 6.33. The Morgan fingerprint density at radius 1 is 1.04 bits per heavy atom. The zero-order valence-electron chi connectivity index (χ0n) is 14.6. The van der Waals surface area contributed by atoms with Crippen LogP contribution < -0.4 is 10.6 Å². The second kappa shape index (κ2) is 8.49. The van der Waals surface area contributed by atoms with Gasteiger partial charge in [-0.25, -0.2) is 0 Å². The van der Waals surface area contributed by atoms with Crippen molar-refractivity contribution < 1.29 is 4.79 Å². The van der Waals surface area contributed by atoms with Crippen LogP contribution in [-0.4, -0.2) is 24.0 Å². The van der Waals surface area contributed by atoms with Gasteiger partial charge in [0.1, 0.15) is 0 Å². The van der Waals surface area contributed by atoms with Gasteiger partial charge in [0.2, 0.25) is 5.91 Å². The molecule has 1 aromatic heterocycles. The number of rotatable bonds is 8. The third kappa shape index (κ3) is 4.70. The van der Waals surface area contributed by atoms with E-state index in [0.29, 0.717) is 19.0 Å². The van der Waals surface area contributed by atoms with Gasteiger partial charge in [0.15, 0.2) is 0 Å². The van der Waals surface area contributed by atoms with Crippen LogP contribution in [0.15, 0.2) is 60.8 Å². The van der Waals surface area contributed by atoms with E-state index in [1.807, 2.05) is 36.5 Å². The van der Waals surface area contributed by atoms with Gasteiger partial charge in [-0.05, 0) is 37.1 Å². The minimum absolute atomic E-state index is 0.0702. The normalized spacial score (nSPS) is 12.2. The third-order valence-corrected chi connectivity index (χ3v) is 4.45. The Hall–Kier alpha value is -2.59. The topological polar surface area (TPSA) is 56.9 Å². The van der Waals surface area contributed by atoms with E-state index in [4.69, 9.17) is 0 Å². The number of carbonyl (C=O) groups excluding carboxylic acids is 1. The first-order valence-corrected chi connectivity index (χ1v) is 8.84. The highest BCUT2D eigenvalue weighted by atomic mass is 16.1. The summed E-state index contributed by atoms with van der Waals surface area (Å²) in [6.45, 7) is 3.73. The van der Waals surface area contributed by atoms with Gasteiger partial charge in [-0.15, -0.1) is 0 Å². The minimum Gasteiger partial charge on any atom is -0.361 e. The summed E-state index contributed by atoms with van der Waals surface area (Å²) in [4.78, 5) is 15.3. The van der Waals surface area contributed by atoms with Crippen molar-refractivity contribution in [3.8, 4) is 0 Å². The van der Waals surface area contributed by atoms with Crippen molar-refractivity contribution in [2.24, 2.45) is 0 Å². The van der Waals surface area contributed by atoms with E-state index in [-0.39, 0.29) is 5.91 Å². The van der Waals surface area contributed by atoms with E-state index >= 15 is 0 Å². The molecule has 0 fully saturated rings. The molecule has 130 valence electrons. The summed E-state index contributed by atoms with van der Waals surface area (Å²) >= 11 is 0. The smallest absolute Gasteiger partial charge is 0.224 e. The summed E-state index contributed by atoms with van der Waals surface area (Å²) in [5, 5.41) is 7.61. The maximum atomic E-state index is 12.1. The Morgan fingerprint density at radius 3 is 2.64 bits per heavy atom. The average molecular weight is 335 g/mol. The lowest BCUT2D eigenvalue weighted by Crippen LogP contribution is -2.29. The third-order valence-electron chi connectivity index (χ3n) is 4.45. The van der Waals surface area contributed by atoms with Gasteiger partial charge in [-0.1, -0.05) is 48.5 Å². The second-order valence-electron chi connectivity index (χ2n) is 6.33. The molecule has 0 radical (unpaired) electrons. The molecule has 0 aliphatic rings. The molecule has 0 saturated carbocycles. The van der Waals surface area contributed by atoms with Crippen LogP contribution in [0.2, 0.25) is 0 Å². The lowest BCUT2D eigenvalue weighted by Gasteiger charge is -2.14. The monoisotopic (exact) mass is 335 g/mol. The van der Waals surface area contributed by atoms with Crippen molar-refractivity contribution in [2.45, 2.75) is 25.8 Å². The molecule has 4 nitrogen and oxygen atoms in total. The predicted octanol–water partition coefficient (Wildman–Crippen LogP) is 3.57. The van der Waals surface area contributed by atoms with E-state index in [1.165, 1.54) is 5.56 Å². The summed E-state index contributed by atoms with van der Waals surface area (Å²) in [7, 11) is 0. The van der Waals surface area contributed by atoms with E-state index < -0.39 is 0 Å². The molecule has 4 heteroatoms. The van der Waals surface area contributed by atoms with Crippen LogP contribution in [0.25, 0.3) is 10.9 Å². The zero-order chi connectivity index (χ0) is 17.5. The average Bonchev–Trinajstić information content (AvgIpc) is 3.05. The first kappa shape index (κ1) is 17.2. The molecular weight excluding hydrogens is 310 g/mol. The Kier molecular flexibility index (Phi) is 5.86. The molecule has 0 aliphatic carbocycles. The lowest BCUT2D eigenvalue weighted by atomic mass is 10.1. The SMILES string of the molecule is C[C@H](NCCCNC(=O)Cc1c[nH]c2ccccc12)c1ccccc1. The van der Waals surface area contributed by atoms with Crippen LogP contribution in [0.3, 0.4) is 0 Å². The van der Waals surface area contributed by atoms with Gasteiger partial charge in [-0.2, -0.15) is 0 Å². The number of carbonyl (C=O) groups is 1. The minimum atomic E-state index is 0.0702. The molecule has 2 aromatic carbocycles. The first-order valence-electron chi connectivity index (χ1n) is 8.84. The molecule has 0 bridgehead atoms. The van der Waals surface area contributed by atoms with Gasteiger partial charge in [0.05, 0.1) is 6.42 Å². The summed E-state index contributed by atoms with van der Waals surface area (Å²) in [6, 6.07) is 18.8. The van der Waals surface area contributed by atoms with Crippen LogP contribution in [0.1, 0.15) is 30.5 Å². The first-order chi connectivity index (χ1) is 12.2. The van der Waals surface area contributed by atoms with Crippen LogP contribution in [0.5, 0.6) is 0 Å². The highest BCUT2D eigenvalue weighted by Crippen LogP contribution is 2.17. The van der Waals surface area contributed by atoms with Gasteiger partial charge < -0.3 is 15.6 Å². The van der Waals surface area contributed by atoms with Gasteiger partial charge >= 0.3 is 0 Å². The molecule has 1 amide bonds. The number of H-pyrrole nitrogens is 1. The standard InChI is InChI=1S/C21H25N3O/c1-16(17-8-3-2-4-9-17)22-12-7-13-23-21(25)14-18-15-24-20-11-6-5-10-19(18)20/h2-6,8-11,15-16,22,24H,7,12-14H2,1H3,(H,23,25)/t16-/m0/s1. The molecule has 0 saturated heterocycles. The molecule has 3 N–H and O–H groups in total. The highest BCUT2D eigenvalue weighted by molar-refractivity contribution is 5.88. The van der Waals surface area contributed by atoms with Crippen molar-refractivity contribution in [1.29, 1.82) is 0 Å². The van der Waals surface area contributed by atoms with Crippen molar-refractivity contribution in [3.63, 3.8) is 0 Å². The fourth-order valence-corrected chi connectivity index (χ4v) is 3.01. The van der Waals surface area contributed by atoms with E-state index in [2.05, 4.69) is 46.8 Å². The lowest BCUT2D eigenvalue weighted by molar-refractivity contribution is -0.120. The Labute approximate surface area is 148 Å². The number of fused-ring (bicyclic) bond motifs is 1. The van der Waals surface area contributed by atoms with Gasteiger partial charge in [0, 0.05) is 29.7 Å². The van der Waals surface area contributed by atoms with E-state index in [0.717, 1.165) is 29.4 Å². The maximum absolute atomic E-state index is 12.1. The number of hydrogen-bond donors (Lipinski definition) is 3. The maximum Gasteiger partial charge on any atom is 0.224 e. The Morgan fingerprint density at radius 2 is 1.80 bits per heavy atom. The number of nitrogens with one attached hydrogen (secondary N) is 3. The summed E-state index contributed by atoms with van der Waals surface area (Å²) in [5.41, 5.74) is 3.40. The van der Waals surface area contributed by atoms with Crippen molar-refractivity contribution in [2.75, 3.05) is 13.1 Å². The number of aromatic amines is 1. The van der Waals surface area contributed by atoms with Crippen molar-refractivity contribution >= 4 is 16.8 Å². The number of amides is 1. The number of hydrogen-bond acceptors (Lipinski definition) is 2. The molecule has 25 heavy (non-hydrogen) atoms. The summed E-state index contributed by atoms with van der Waals surface area (Å²) in [5.74, 6) is 0.0702. The van der Waals surface area contributed by atoms with Crippen LogP contribution >= 0.6 is 0 Å². The van der Waals surface area contributed by atoms with E-state index in [9.17, 15) is 4.79 Å². The molecule has 3 aromatic rings. The predicted molar refractivity (Wildman–Crippen MR) is 102 cm³/mol. The molecule has 3 rings (SSSR count). The quantitative estimate of drug-likeness (QED) is 0.551. The van der Waals surface area contributed by atoms with Crippen LogP contribution in [-0.2, 0) is 11.2 Å². The van der Waals surface area contributed by atoms with E-state index in [1.54, 1.807) is 0 Å². The molecule has 0 aliphatic heterocycles. The fraction of sp³-hybridized carbons (Fsp3) is 0.286. The van der Waals surface area contributed by atoms with Gasteiger partial charge in [0.25, 0.3) is 0 Å². The zero-order valence-corrected chi connectivity index (χ0v) is 14.6. The number of benzene rings is 2. The summed E-state index contributed by atoms with van der Waals surface area (Å²) < 4.78 is 0. The number of aromatic nitrogens is 1. The fourth-order valence-electron chi connectivity index (χ4n) is 3.01. The van der Waals surface area contributed by atoms with Crippen LogP contribution in [0, 0.1) is 0 Å². The Bertz CT molecular complexity index is 810. The van der Waals surface area contributed by atoms with Crippen LogP contribution in [0.4, 0.5) is 0 Å². The summed E-state index contributed by atoms with van der Waals surface area (Å²) in [6.07, 6.45) is 3.25. The molecule has 1 heterocycles.